The van der Waals surface area contributed by atoms with Gasteiger partial charge in [0, 0.05) is 11.6 Å². The third kappa shape index (κ3) is 3.71. The van der Waals surface area contributed by atoms with Crippen molar-refractivity contribution in [3.8, 4) is 0 Å². The first-order valence-electron chi connectivity index (χ1n) is 6.26. The number of rotatable bonds is 4. The highest BCUT2D eigenvalue weighted by Crippen LogP contribution is 2.24. The van der Waals surface area contributed by atoms with Crippen LogP contribution >= 0.6 is 11.6 Å². The van der Waals surface area contributed by atoms with Gasteiger partial charge in [0.25, 0.3) is 0 Å². The first-order chi connectivity index (χ1) is 9.38. The van der Waals surface area contributed by atoms with Gasteiger partial charge in [0.05, 0.1) is 18.6 Å². The Hall–Kier alpha value is -1.59. The normalized spacial score (nSPS) is 22.9. The molecule has 0 aliphatic carbocycles. The molecule has 0 saturated carbocycles. The van der Waals surface area contributed by atoms with Crippen LogP contribution in [-0.4, -0.2) is 40.6 Å². The second kappa shape index (κ2) is 5.81. The number of amides is 1. The second-order valence-electron chi connectivity index (χ2n) is 5.19. The summed E-state index contributed by atoms with van der Waals surface area (Å²) < 4.78 is 5.38. The average Bonchev–Trinajstić information content (AvgIpc) is 2.33. The van der Waals surface area contributed by atoms with Gasteiger partial charge in [-0.3, -0.25) is 9.59 Å². The molecule has 1 atom stereocenters. The highest BCUT2D eigenvalue weighted by atomic mass is 35.5. The highest BCUT2D eigenvalue weighted by molar-refractivity contribution is 6.30. The molecule has 1 aromatic rings. The summed E-state index contributed by atoms with van der Waals surface area (Å²) in [5.74, 6) is -1.09. The van der Waals surface area contributed by atoms with Crippen LogP contribution in [0.2, 0.25) is 5.02 Å². The van der Waals surface area contributed by atoms with Gasteiger partial charge >= 0.3 is 5.97 Å². The third-order valence-corrected chi connectivity index (χ3v) is 3.44. The maximum atomic E-state index is 11.9. The van der Waals surface area contributed by atoms with Gasteiger partial charge in [-0.2, -0.15) is 0 Å². The van der Waals surface area contributed by atoms with Gasteiger partial charge in [0.2, 0.25) is 5.91 Å². The SMILES string of the molecule is CC1(CC(=O)O)CN(Cc2cccc(Cl)c2)C(=O)CO1. The van der Waals surface area contributed by atoms with E-state index in [-0.39, 0.29) is 25.5 Å². The maximum Gasteiger partial charge on any atom is 0.306 e. The zero-order chi connectivity index (χ0) is 14.8. The molecule has 0 bridgehead atoms. The fraction of sp³-hybridized carbons (Fsp3) is 0.429. The van der Waals surface area contributed by atoms with Gasteiger partial charge in [0.1, 0.15) is 6.61 Å². The summed E-state index contributed by atoms with van der Waals surface area (Å²) in [5.41, 5.74) is 0.0589. The summed E-state index contributed by atoms with van der Waals surface area (Å²) in [6.07, 6.45) is -0.133. The fourth-order valence-corrected chi connectivity index (χ4v) is 2.50. The Bertz CT molecular complexity index is 534. The predicted octanol–water partition coefficient (Wildman–Crippen LogP) is 1.93. The molecule has 20 heavy (non-hydrogen) atoms. The number of hydrogen-bond acceptors (Lipinski definition) is 3. The lowest BCUT2D eigenvalue weighted by molar-refractivity contribution is -0.169. The van der Waals surface area contributed by atoms with Gasteiger partial charge in [-0.05, 0) is 24.6 Å². The Morgan fingerprint density at radius 2 is 2.30 bits per heavy atom. The standard InChI is InChI=1S/C14H16ClNO4/c1-14(6-13(18)19)9-16(12(17)8-20-14)7-10-3-2-4-11(15)5-10/h2-5H,6-9H2,1H3,(H,18,19). The van der Waals surface area contributed by atoms with E-state index in [2.05, 4.69) is 0 Å². The van der Waals surface area contributed by atoms with Gasteiger partial charge in [-0.25, -0.2) is 0 Å². The molecule has 2 rings (SSSR count). The van der Waals surface area contributed by atoms with Crippen molar-refractivity contribution in [2.75, 3.05) is 13.2 Å². The van der Waals surface area contributed by atoms with Crippen LogP contribution in [0.25, 0.3) is 0 Å². The van der Waals surface area contributed by atoms with E-state index in [0.29, 0.717) is 11.6 Å². The summed E-state index contributed by atoms with van der Waals surface area (Å²) in [4.78, 5) is 24.3. The molecule has 0 radical (unpaired) electrons. The number of halogens is 1. The number of ether oxygens (including phenoxy) is 1. The van der Waals surface area contributed by atoms with E-state index in [0.717, 1.165) is 5.56 Å². The molecular weight excluding hydrogens is 282 g/mol. The minimum atomic E-state index is -0.940. The van der Waals surface area contributed by atoms with Crippen molar-refractivity contribution in [1.82, 2.24) is 4.90 Å². The molecule has 1 aliphatic rings. The van der Waals surface area contributed by atoms with Gasteiger partial charge in [-0.1, -0.05) is 23.7 Å². The Kier molecular flexibility index (Phi) is 4.30. The van der Waals surface area contributed by atoms with Crippen molar-refractivity contribution in [2.24, 2.45) is 0 Å². The fourth-order valence-electron chi connectivity index (χ4n) is 2.29. The molecule has 1 unspecified atom stereocenters. The first kappa shape index (κ1) is 14.8. The molecule has 1 heterocycles. The minimum absolute atomic E-state index is 0.0929. The van der Waals surface area contributed by atoms with E-state index in [1.54, 1.807) is 24.0 Å². The van der Waals surface area contributed by atoms with E-state index in [4.69, 9.17) is 21.4 Å². The largest absolute Gasteiger partial charge is 0.481 e. The molecule has 1 fully saturated rings. The number of benzene rings is 1. The van der Waals surface area contributed by atoms with Crippen LogP contribution in [0.15, 0.2) is 24.3 Å². The molecule has 1 amide bonds. The molecule has 0 aromatic heterocycles. The lowest BCUT2D eigenvalue weighted by atomic mass is 9.99. The van der Waals surface area contributed by atoms with E-state index in [1.165, 1.54) is 0 Å². The Morgan fingerprint density at radius 1 is 1.55 bits per heavy atom. The average molecular weight is 298 g/mol. The first-order valence-corrected chi connectivity index (χ1v) is 6.64. The van der Waals surface area contributed by atoms with E-state index in [1.807, 2.05) is 12.1 Å². The van der Waals surface area contributed by atoms with Crippen molar-refractivity contribution in [2.45, 2.75) is 25.5 Å². The van der Waals surface area contributed by atoms with Gasteiger partial charge < -0.3 is 14.7 Å². The second-order valence-corrected chi connectivity index (χ2v) is 5.63. The molecule has 1 N–H and O–H groups in total. The number of morpholine rings is 1. The Morgan fingerprint density at radius 3 is 2.95 bits per heavy atom. The van der Waals surface area contributed by atoms with Crippen LogP contribution < -0.4 is 0 Å². The van der Waals surface area contributed by atoms with Crippen LogP contribution in [0.3, 0.4) is 0 Å². The number of nitrogens with zero attached hydrogens (tertiary/aromatic N) is 1. The van der Waals surface area contributed by atoms with E-state index in [9.17, 15) is 9.59 Å². The van der Waals surface area contributed by atoms with Crippen molar-refractivity contribution in [1.29, 1.82) is 0 Å². The van der Waals surface area contributed by atoms with Crippen molar-refractivity contribution in [3.05, 3.63) is 34.9 Å². The number of carbonyl (C=O) groups excluding carboxylic acids is 1. The Labute approximate surface area is 122 Å². The number of carbonyl (C=O) groups is 2. The van der Waals surface area contributed by atoms with Crippen LogP contribution in [0.4, 0.5) is 0 Å². The molecule has 0 spiro atoms. The molecular formula is C14H16ClNO4. The van der Waals surface area contributed by atoms with Crippen molar-refractivity contribution in [3.63, 3.8) is 0 Å². The molecule has 1 aliphatic heterocycles. The lowest BCUT2D eigenvalue weighted by Crippen LogP contribution is -2.53. The van der Waals surface area contributed by atoms with Gasteiger partial charge in [-0.15, -0.1) is 0 Å². The number of carboxylic acid groups (broad SMARTS) is 1. The predicted molar refractivity (Wildman–Crippen MR) is 73.5 cm³/mol. The summed E-state index contributed by atoms with van der Waals surface area (Å²) >= 11 is 5.92. The summed E-state index contributed by atoms with van der Waals surface area (Å²) in [6.45, 7) is 2.27. The topological polar surface area (TPSA) is 66.8 Å². The molecule has 1 saturated heterocycles. The van der Waals surface area contributed by atoms with Crippen LogP contribution in [-0.2, 0) is 20.9 Å². The van der Waals surface area contributed by atoms with Crippen LogP contribution in [0.1, 0.15) is 18.9 Å². The highest BCUT2D eigenvalue weighted by Gasteiger charge is 2.37. The molecule has 5 nitrogen and oxygen atoms in total. The minimum Gasteiger partial charge on any atom is -0.481 e. The molecule has 1 aromatic carbocycles. The van der Waals surface area contributed by atoms with Crippen molar-refractivity contribution < 1.29 is 19.4 Å². The van der Waals surface area contributed by atoms with Crippen LogP contribution in [0.5, 0.6) is 0 Å². The molecule has 6 heteroatoms. The van der Waals surface area contributed by atoms with E-state index < -0.39 is 11.6 Å². The summed E-state index contributed by atoms with van der Waals surface area (Å²) in [7, 11) is 0. The number of hydrogen-bond donors (Lipinski definition) is 1. The van der Waals surface area contributed by atoms with Gasteiger partial charge in [0.15, 0.2) is 0 Å². The number of aliphatic carboxylic acids is 1. The molecule has 108 valence electrons. The summed E-state index contributed by atoms with van der Waals surface area (Å²) in [5, 5.41) is 9.52. The quantitative estimate of drug-likeness (QED) is 0.922. The maximum absolute atomic E-state index is 11.9. The van der Waals surface area contributed by atoms with Crippen molar-refractivity contribution >= 4 is 23.5 Å². The lowest BCUT2D eigenvalue weighted by Gasteiger charge is -2.39. The smallest absolute Gasteiger partial charge is 0.306 e. The van der Waals surface area contributed by atoms with E-state index >= 15 is 0 Å². The third-order valence-electron chi connectivity index (χ3n) is 3.21. The van der Waals surface area contributed by atoms with Crippen LogP contribution in [0, 0.1) is 0 Å². The summed E-state index contributed by atoms with van der Waals surface area (Å²) in [6, 6.07) is 7.25. The number of carboxylic acids is 1. The monoisotopic (exact) mass is 297 g/mol. The zero-order valence-corrected chi connectivity index (χ0v) is 11.9. The zero-order valence-electron chi connectivity index (χ0n) is 11.1. The Balaban J connectivity index is 2.09.